The van der Waals surface area contributed by atoms with Gasteiger partial charge in [0, 0.05) is 18.3 Å². The van der Waals surface area contributed by atoms with Crippen molar-refractivity contribution in [3.8, 4) is 0 Å². The number of rotatable bonds is 5. The molecule has 1 aliphatic heterocycles. The highest BCUT2D eigenvalue weighted by Gasteiger charge is 2.15. The molecule has 0 aliphatic carbocycles. The van der Waals surface area contributed by atoms with Gasteiger partial charge in [0.1, 0.15) is 0 Å². The van der Waals surface area contributed by atoms with Crippen molar-refractivity contribution in [3.05, 3.63) is 23.4 Å². The molecule has 0 fully saturated rings. The van der Waals surface area contributed by atoms with E-state index >= 15 is 0 Å². The van der Waals surface area contributed by atoms with Crippen LogP contribution in [0.1, 0.15) is 53.4 Å². The lowest BCUT2D eigenvalue weighted by Gasteiger charge is -2.33. The smallest absolute Gasteiger partial charge is 0.0447 e. The van der Waals surface area contributed by atoms with E-state index in [0.29, 0.717) is 6.04 Å². The molecule has 1 aliphatic rings. The summed E-state index contributed by atoms with van der Waals surface area (Å²) in [5.41, 5.74) is 2.84. The van der Waals surface area contributed by atoms with Gasteiger partial charge in [-0.05, 0) is 33.3 Å². The fourth-order valence-corrected chi connectivity index (χ4v) is 2.34. The second-order valence-corrected chi connectivity index (χ2v) is 4.69. The Morgan fingerprint density at radius 2 is 1.93 bits per heavy atom. The highest BCUT2D eigenvalue weighted by Crippen LogP contribution is 2.20. The molecule has 0 aromatic rings. The average molecular weight is 207 g/mol. The molecule has 86 valence electrons. The number of hydrogen-bond acceptors (Lipinski definition) is 1. The molecule has 0 radical (unpaired) electrons. The topological polar surface area (TPSA) is 3.24 Å². The fraction of sp³-hybridized carbons (Fsp3) is 0.714. The third-order valence-electron chi connectivity index (χ3n) is 3.14. The lowest BCUT2D eigenvalue weighted by molar-refractivity contribution is 0.294. The molecule has 0 bridgehead atoms. The van der Waals surface area contributed by atoms with Crippen molar-refractivity contribution >= 4 is 0 Å². The Bertz CT molecular complexity index is 250. The maximum absolute atomic E-state index is 2.52. The minimum Gasteiger partial charge on any atom is -0.369 e. The van der Waals surface area contributed by atoms with Crippen LogP contribution in [-0.4, -0.2) is 17.5 Å². The summed E-state index contributed by atoms with van der Waals surface area (Å²) in [6, 6.07) is 0.580. The van der Waals surface area contributed by atoms with Gasteiger partial charge in [0.2, 0.25) is 0 Å². The summed E-state index contributed by atoms with van der Waals surface area (Å²) in [5, 5.41) is 0. The van der Waals surface area contributed by atoms with Gasteiger partial charge < -0.3 is 4.90 Å². The predicted molar refractivity (Wildman–Crippen MR) is 67.8 cm³/mol. The molecule has 1 atom stereocenters. The van der Waals surface area contributed by atoms with Gasteiger partial charge in [0.15, 0.2) is 0 Å². The number of allylic oxidation sites excluding steroid dienone is 3. The van der Waals surface area contributed by atoms with Crippen LogP contribution in [0, 0.1) is 0 Å². The first-order valence-electron chi connectivity index (χ1n) is 6.28. The van der Waals surface area contributed by atoms with Gasteiger partial charge in [-0.15, -0.1) is 0 Å². The maximum Gasteiger partial charge on any atom is 0.0447 e. The fourth-order valence-electron chi connectivity index (χ4n) is 2.34. The van der Waals surface area contributed by atoms with Crippen molar-refractivity contribution in [2.45, 2.75) is 59.4 Å². The van der Waals surface area contributed by atoms with Gasteiger partial charge in [-0.1, -0.05) is 37.8 Å². The van der Waals surface area contributed by atoms with Gasteiger partial charge in [0.25, 0.3) is 0 Å². The zero-order chi connectivity index (χ0) is 11.3. The third kappa shape index (κ3) is 3.73. The Kier molecular flexibility index (Phi) is 4.93. The summed E-state index contributed by atoms with van der Waals surface area (Å²) < 4.78 is 0. The highest BCUT2D eigenvalue weighted by atomic mass is 15.2. The van der Waals surface area contributed by atoms with E-state index in [1.807, 2.05) is 0 Å². The second-order valence-electron chi connectivity index (χ2n) is 4.69. The Labute approximate surface area is 94.9 Å². The summed E-state index contributed by atoms with van der Waals surface area (Å²) in [6.45, 7) is 10.2. The Hall–Kier alpha value is -0.720. The van der Waals surface area contributed by atoms with E-state index in [1.165, 1.54) is 43.5 Å². The van der Waals surface area contributed by atoms with Crippen molar-refractivity contribution in [2.24, 2.45) is 0 Å². The molecule has 1 nitrogen and oxygen atoms in total. The quantitative estimate of drug-likeness (QED) is 0.613. The molecule has 0 aromatic heterocycles. The molecule has 1 heterocycles. The van der Waals surface area contributed by atoms with Gasteiger partial charge in [-0.2, -0.15) is 0 Å². The minimum atomic E-state index is 0.580. The summed E-state index contributed by atoms with van der Waals surface area (Å²) in [5.74, 6) is 0. The van der Waals surface area contributed by atoms with Crippen molar-refractivity contribution in [1.82, 2.24) is 4.90 Å². The number of nitrogens with zero attached hydrogens (tertiary/aromatic N) is 1. The number of unbranched alkanes of at least 4 members (excludes halogenated alkanes) is 3. The van der Waals surface area contributed by atoms with E-state index in [4.69, 9.17) is 0 Å². The normalized spacial score (nSPS) is 21.3. The molecule has 0 saturated heterocycles. The van der Waals surface area contributed by atoms with E-state index in [1.54, 1.807) is 0 Å². The zero-order valence-corrected chi connectivity index (χ0v) is 10.7. The largest absolute Gasteiger partial charge is 0.369 e. The van der Waals surface area contributed by atoms with Crippen LogP contribution in [0.4, 0.5) is 0 Å². The summed E-state index contributed by atoms with van der Waals surface area (Å²) in [7, 11) is 0. The second kappa shape index (κ2) is 5.99. The van der Waals surface area contributed by atoms with Gasteiger partial charge in [-0.25, -0.2) is 0 Å². The van der Waals surface area contributed by atoms with Crippen LogP contribution in [-0.2, 0) is 0 Å². The van der Waals surface area contributed by atoms with Gasteiger partial charge >= 0.3 is 0 Å². The van der Waals surface area contributed by atoms with Gasteiger partial charge in [0.05, 0.1) is 0 Å². The minimum absolute atomic E-state index is 0.580. The van der Waals surface area contributed by atoms with Crippen LogP contribution < -0.4 is 0 Å². The van der Waals surface area contributed by atoms with Crippen LogP contribution in [0.2, 0.25) is 0 Å². The third-order valence-corrected chi connectivity index (χ3v) is 3.14. The maximum atomic E-state index is 2.52. The Morgan fingerprint density at radius 3 is 2.53 bits per heavy atom. The number of hydrogen-bond donors (Lipinski definition) is 0. The van der Waals surface area contributed by atoms with Crippen molar-refractivity contribution < 1.29 is 0 Å². The lowest BCUT2D eigenvalue weighted by atomic mass is 10.1. The molecule has 0 saturated carbocycles. The first kappa shape index (κ1) is 12.4. The summed E-state index contributed by atoms with van der Waals surface area (Å²) >= 11 is 0. The standard InChI is InChI=1S/C14H25N/c1-5-6-7-8-9-15-13(3)10-12(2)11-14(15)4/h10-11,13H,5-9H2,1-4H3. The molecule has 1 rings (SSSR count). The molecule has 0 amide bonds. The highest BCUT2D eigenvalue weighted by molar-refractivity contribution is 5.27. The molecule has 0 spiro atoms. The zero-order valence-electron chi connectivity index (χ0n) is 10.7. The monoisotopic (exact) mass is 207 g/mol. The molecule has 15 heavy (non-hydrogen) atoms. The summed E-state index contributed by atoms with van der Waals surface area (Å²) in [6.07, 6.45) is 10.0. The SMILES string of the molecule is CCCCCCN1C(C)=CC(C)=CC1C. The van der Waals surface area contributed by atoms with E-state index in [-0.39, 0.29) is 0 Å². The predicted octanol–water partition coefficient (Wildman–Crippen LogP) is 4.12. The molecular weight excluding hydrogens is 182 g/mol. The van der Waals surface area contributed by atoms with Crippen molar-refractivity contribution in [2.75, 3.05) is 6.54 Å². The van der Waals surface area contributed by atoms with Crippen molar-refractivity contribution in [3.63, 3.8) is 0 Å². The molecule has 1 heteroatoms. The molecular formula is C14H25N. The molecule has 1 unspecified atom stereocenters. The van der Waals surface area contributed by atoms with Crippen LogP contribution in [0.5, 0.6) is 0 Å². The van der Waals surface area contributed by atoms with E-state index in [9.17, 15) is 0 Å². The van der Waals surface area contributed by atoms with Crippen LogP contribution >= 0.6 is 0 Å². The van der Waals surface area contributed by atoms with Crippen LogP contribution in [0.25, 0.3) is 0 Å². The first-order chi connectivity index (χ1) is 7.15. The summed E-state index contributed by atoms with van der Waals surface area (Å²) in [4.78, 5) is 2.52. The first-order valence-corrected chi connectivity index (χ1v) is 6.28. The average Bonchev–Trinajstić information content (AvgIpc) is 2.15. The van der Waals surface area contributed by atoms with Gasteiger partial charge in [-0.3, -0.25) is 0 Å². The lowest BCUT2D eigenvalue weighted by Crippen LogP contribution is -2.33. The van der Waals surface area contributed by atoms with E-state index in [0.717, 1.165) is 0 Å². The van der Waals surface area contributed by atoms with Crippen molar-refractivity contribution in [1.29, 1.82) is 0 Å². The van der Waals surface area contributed by atoms with E-state index in [2.05, 4.69) is 44.7 Å². The van der Waals surface area contributed by atoms with Crippen LogP contribution in [0.15, 0.2) is 23.4 Å². The Balaban J connectivity index is 2.39. The molecule has 0 aromatic carbocycles. The van der Waals surface area contributed by atoms with Crippen LogP contribution in [0.3, 0.4) is 0 Å². The Morgan fingerprint density at radius 1 is 1.20 bits per heavy atom. The molecule has 0 N–H and O–H groups in total. The van der Waals surface area contributed by atoms with E-state index < -0.39 is 0 Å².